The summed E-state index contributed by atoms with van der Waals surface area (Å²) in [5, 5.41) is 0. The predicted molar refractivity (Wildman–Crippen MR) is 95.2 cm³/mol. The average molecular weight is 347 g/mol. The van der Waals surface area contributed by atoms with E-state index in [0.29, 0.717) is 5.56 Å². The summed E-state index contributed by atoms with van der Waals surface area (Å²) >= 11 is 1.64. The molecule has 1 amide bonds. The minimum absolute atomic E-state index is 0.181. The fraction of sp³-hybridized carbons (Fsp3) is 0.389. The number of carbonyl (C=O) groups is 1. The van der Waals surface area contributed by atoms with E-state index in [1.54, 1.807) is 17.4 Å². The number of rotatable bonds is 5. The predicted octanol–water partition coefficient (Wildman–Crippen LogP) is 2.55. The van der Waals surface area contributed by atoms with Crippen LogP contribution in [0.2, 0.25) is 0 Å². The SMILES string of the molecule is CC(C(N)=O)N1CCN(Cc2ccc(-c3ccccc3F)s2)CC1. The molecule has 6 heteroatoms. The molecule has 0 radical (unpaired) electrons. The van der Waals surface area contributed by atoms with Crippen molar-refractivity contribution in [1.29, 1.82) is 0 Å². The maximum absolute atomic E-state index is 13.9. The third-order valence-corrected chi connectivity index (χ3v) is 5.65. The Labute approximate surface area is 145 Å². The van der Waals surface area contributed by atoms with Crippen molar-refractivity contribution >= 4 is 17.2 Å². The molecule has 4 nitrogen and oxygen atoms in total. The smallest absolute Gasteiger partial charge is 0.234 e. The first-order valence-corrected chi connectivity index (χ1v) is 8.95. The summed E-state index contributed by atoms with van der Waals surface area (Å²) in [4.78, 5) is 17.9. The second-order valence-electron chi connectivity index (χ2n) is 6.14. The van der Waals surface area contributed by atoms with Crippen LogP contribution in [0.5, 0.6) is 0 Å². The standard InChI is InChI=1S/C18H22FN3OS/c1-13(18(20)23)22-10-8-21(9-11-22)12-14-6-7-17(24-14)15-4-2-3-5-16(15)19/h2-7,13H,8-12H2,1H3,(H2,20,23). The third-order valence-electron chi connectivity index (χ3n) is 4.55. The van der Waals surface area contributed by atoms with Gasteiger partial charge in [0.05, 0.1) is 6.04 Å². The summed E-state index contributed by atoms with van der Waals surface area (Å²) in [5.41, 5.74) is 6.03. The molecular formula is C18H22FN3OS. The lowest BCUT2D eigenvalue weighted by Gasteiger charge is -2.36. The van der Waals surface area contributed by atoms with Gasteiger partial charge < -0.3 is 5.73 Å². The Morgan fingerprint density at radius 1 is 1.21 bits per heavy atom. The van der Waals surface area contributed by atoms with Crippen molar-refractivity contribution in [2.24, 2.45) is 5.73 Å². The number of hydrogen-bond acceptors (Lipinski definition) is 4. The van der Waals surface area contributed by atoms with E-state index >= 15 is 0 Å². The van der Waals surface area contributed by atoms with E-state index in [4.69, 9.17) is 5.73 Å². The van der Waals surface area contributed by atoms with Crippen molar-refractivity contribution < 1.29 is 9.18 Å². The number of hydrogen-bond donors (Lipinski definition) is 1. The van der Waals surface area contributed by atoms with Crippen molar-refractivity contribution in [1.82, 2.24) is 9.80 Å². The molecule has 1 atom stereocenters. The Balaban J connectivity index is 1.59. The highest BCUT2D eigenvalue weighted by atomic mass is 32.1. The summed E-state index contributed by atoms with van der Waals surface area (Å²) < 4.78 is 13.9. The van der Waals surface area contributed by atoms with Crippen LogP contribution in [0.3, 0.4) is 0 Å². The average Bonchev–Trinajstić information content (AvgIpc) is 3.03. The van der Waals surface area contributed by atoms with Crippen molar-refractivity contribution in [3.63, 3.8) is 0 Å². The first-order valence-electron chi connectivity index (χ1n) is 8.14. The molecule has 24 heavy (non-hydrogen) atoms. The lowest BCUT2D eigenvalue weighted by molar-refractivity contribution is -0.123. The number of halogens is 1. The van der Waals surface area contributed by atoms with E-state index in [0.717, 1.165) is 37.6 Å². The molecular weight excluding hydrogens is 325 g/mol. The van der Waals surface area contributed by atoms with Gasteiger partial charge in [-0.2, -0.15) is 0 Å². The molecule has 2 aromatic rings. The number of piperazine rings is 1. The van der Waals surface area contributed by atoms with Gasteiger partial charge in [-0.05, 0) is 25.1 Å². The number of amides is 1. The quantitative estimate of drug-likeness (QED) is 0.904. The van der Waals surface area contributed by atoms with Crippen LogP contribution in [0, 0.1) is 5.82 Å². The highest BCUT2D eigenvalue weighted by molar-refractivity contribution is 7.15. The first kappa shape index (κ1) is 17.1. The largest absolute Gasteiger partial charge is 0.368 e. The zero-order chi connectivity index (χ0) is 17.1. The molecule has 1 fully saturated rings. The lowest BCUT2D eigenvalue weighted by Crippen LogP contribution is -2.52. The summed E-state index contributed by atoms with van der Waals surface area (Å²) in [6.07, 6.45) is 0. The van der Waals surface area contributed by atoms with E-state index in [9.17, 15) is 9.18 Å². The zero-order valence-electron chi connectivity index (χ0n) is 13.7. The molecule has 1 aromatic heterocycles. The van der Waals surface area contributed by atoms with E-state index in [1.165, 1.54) is 10.9 Å². The Bertz CT molecular complexity index is 710. The molecule has 0 aliphatic carbocycles. The van der Waals surface area contributed by atoms with Crippen LogP contribution in [0.4, 0.5) is 4.39 Å². The molecule has 3 rings (SSSR count). The van der Waals surface area contributed by atoms with Crippen LogP contribution in [-0.4, -0.2) is 47.9 Å². The molecule has 0 bridgehead atoms. The fourth-order valence-corrected chi connectivity index (χ4v) is 4.06. The number of nitrogens with zero attached hydrogens (tertiary/aromatic N) is 2. The van der Waals surface area contributed by atoms with Crippen LogP contribution in [0.1, 0.15) is 11.8 Å². The summed E-state index contributed by atoms with van der Waals surface area (Å²) in [7, 11) is 0. The van der Waals surface area contributed by atoms with Gasteiger partial charge in [0.15, 0.2) is 0 Å². The topological polar surface area (TPSA) is 49.6 Å². The number of carbonyl (C=O) groups excluding carboxylic acids is 1. The van der Waals surface area contributed by atoms with Gasteiger partial charge in [-0.1, -0.05) is 18.2 Å². The summed E-state index contributed by atoms with van der Waals surface area (Å²) in [5.74, 6) is -0.448. The first-order chi connectivity index (χ1) is 11.5. The van der Waals surface area contributed by atoms with Crippen molar-refractivity contribution in [2.75, 3.05) is 26.2 Å². The van der Waals surface area contributed by atoms with Gasteiger partial charge in [-0.15, -0.1) is 11.3 Å². The molecule has 1 aliphatic rings. The highest BCUT2D eigenvalue weighted by Crippen LogP contribution is 2.30. The highest BCUT2D eigenvalue weighted by Gasteiger charge is 2.24. The number of nitrogens with two attached hydrogens (primary N) is 1. The second kappa shape index (κ2) is 7.42. The molecule has 1 saturated heterocycles. The summed E-state index contributed by atoms with van der Waals surface area (Å²) in [6, 6.07) is 10.7. The molecule has 0 spiro atoms. The van der Waals surface area contributed by atoms with Gasteiger partial charge in [0, 0.05) is 48.0 Å². The molecule has 2 heterocycles. The molecule has 128 valence electrons. The minimum Gasteiger partial charge on any atom is -0.368 e. The van der Waals surface area contributed by atoms with Gasteiger partial charge in [0.2, 0.25) is 5.91 Å². The van der Waals surface area contributed by atoms with Crippen molar-refractivity contribution in [3.8, 4) is 10.4 Å². The number of primary amides is 1. The van der Waals surface area contributed by atoms with Crippen molar-refractivity contribution in [2.45, 2.75) is 19.5 Å². The normalized spacial score (nSPS) is 17.8. The molecule has 2 N–H and O–H groups in total. The van der Waals surface area contributed by atoms with E-state index in [-0.39, 0.29) is 17.8 Å². The van der Waals surface area contributed by atoms with Crippen molar-refractivity contribution in [3.05, 3.63) is 47.1 Å². The van der Waals surface area contributed by atoms with Gasteiger partial charge >= 0.3 is 0 Å². The van der Waals surface area contributed by atoms with Gasteiger partial charge in [0.25, 0.3) is 0 Å². The van der Waals surface area contributed by atoms with E-state index < -0.39 is 0 Å². The molecule has 0 saturated carbocycles. The Hall–Kier alpha value is -1.76. The molecule has 1 aromatic carbocycles. The van der Waals surface area contributed by atoms with Gasteiger partial charge in [0.1, 0.15) is 5.82 Å². The Morgan fingerprint density at radius 3 is 2.58 bits per heavy atom. The Morgan fingerprint density at radius 2 is 1.92 bits per heavy atom. The lowest BCUT2D eigenvalue weighted by atomic mass is 10.2. The van der Waals surface area contributed by atoms with Crippen LogP contribution in [0.25, 0.3) is 10.4 Å². The fourth-order valence-electron chi connectivity index (χ4n) is 2.98. The van der Waals surface area contributed by atoms with Gasteiger partial charge in [-0.3, -0.25) is 14.6 Å². The van der Waals surface area contributed by atoms with Crippen LogP contribution in [-0.2, 0) is 11.3 Å². The maximum Gasteiger partial charge on any atom is 0.234 e. The maximum atomic E-state index is 13.9. The van der Waals surface area contributed by atoms with Crippen LogP contribution >= 0.6 is 11.3 Å². The Kier molecular flexibility index (Phi) is 5.28. The van der Waals surface area contributed by atoms with Crippen LogP contribution < -0.4 is 5.73 Å². The second-order valence-corrected chi connectivity index (χ2v) is 7.30. The number of benzene rings is 1. The third kappa shape index (κ3) is 3.83. The number of thiophene rings is 1. The van der Waals surface area contributed by atoms with Gasteiger partial charge in [-0.25, -0.2) is 4.39 Å². The van der Waals surface area contributed by atoms with E-state index in [2.05, 4.69) is 15.9 Å². The zero-order valence-corrected chi connectivity index (χ0v) is 14.6. The molecule has 1 unspecified atom stereocenters. The minimum atomic E-state index is -0.267. The van der Waals surface area contributed by atoms with Crippen LogP contribution in [0.15, 0.2) is 36.4 Å². The summed E-state index contributed by atoms with van der Waals surface area (Å²) in [6.45, 7) is 6.22. The van der Waals surface area contributed by atoms with E-state index in [1.807, 2.05) is 25.1 Å². The molecule has 1 aliphatic heterocycles. The monoisotopic (exact) mass is 347 g/mol.